The zero-order valence-electron chi connectivity index (χ0n) is 14.2. The molecule has 0 saturated heterocycles. The molecule has 0 saturated carbocycles. The Labute approximate surface area is 145 Å². The first kappa shape index (κ1) is 28.6. The van der Waals surface area contributed by atoms with Crippen molar-refractivity contribution < 1.29 is 55.8 Å². The first-order valence-corrected chi connectivity index (χ1v) is 7.05. The maximum absolute atomic E-state index is 9.94. The fourth-order valence-corrected chi connectivity index (χ4v) is 0.678. The molecule has 25 heavy (non-hydrogen) atoms. The van der Waals surface area contributed by atoms with Crippen molar-refractivity contribution in [2.24, 2.45) is 10.8 Å². The minimum Gasteiger partial charge on any atom is -0.396 e. The first-order chi connectivity index (χ1) is 11.7. The van der Waals surface area contributed by atoms with Crippen molar-refractivity contribution in [1.29, 1.82) is 0 Å². The van der Waals surface area contributed by atoms with Gasteiger partial charge in [-0.05, 0) is 6.92 Å². The Bertz CT molecular complexity index is 283. The third-order valence-corrected chi connectivity index (χ3v) is 3.11. The highest BCUT2D eigenvalue weighted by Crippen LogP contribution is 2.12. The van der Waals surface area contributed by atoms with Gasteiger partial charge in [-0.15, -0.1) is 0 Å². The fraction of sp³-hybridized carbons (Fsp3) is 0.786. The van der Waals surface area contributed by atoms with Gasteiger partial charge >= 0.3 is 5.97 Å². The van der Waals surface area contributed by atoms with Crippen LogP contribution in [0.5, 0.6) is 0 Å². The van der Waals surface area contributed by atoms with Gasteiger partial charge in [0.25, 0.3) is 0 Å². The molecule has 0 aliphatic carbocycles. The molecule has 11 nitrogen and oxygen atoms in total. The minimum atomic E-state index is -1.11. The average molecular weight is 374 g/mol. The second kappa shape index (κ2) is 16.3. The van der Waals surface area contributed by atoms with Crippen molar-refractivity contribution in [1.82, 2.24) is 0 Å². The van der Waals surface area contributed by atoms with Gasteiger partial charge in [0.15, 0.2) is 0 Å². The summed E-state index contributed by atoms with van der Waals surface area (Å²) in [6.07, 6.45) is 0. The van der Waals surface area contributed by atoms with Gasteiger partial charge in [-0.3, -0.25) is 4.89 Å². The molecule has 0 aliphatic heterocycles. The van der Waals surface area contributed by atoms with Crippen LogP contribution in [-0.4, -0.2) is 105 Å². The minimum absolute atomic E-state index is 0.183. The highest BCUT2D eigenvalue weighted by Gasteiger charge is 2.27. The summed E-state index contributed by atoms with van der Waals surface area (Å²) in [6.45, 7) is 1.38. The summed E-state index contributed by atoms with van der Waals surface area (Å²) in [5, 5.41) is 75.6. The topological polar surface area (TPSA) is 208 Å². The third kappa shape index (κ3) is 11.9. The van der Waals surface area contributed by atoms with Gasteiger partial charge in [0.05, 0.1) is 63.7 Å². The zero-order chi connectivity index (χ0) is 20.5. The molecule has 0 amide bonds. The van der Waals surface area contributed by atoms with E-state index >= 15 is 0 Å². The van der Waals surface area contributed by atoms with Gasteiger partial charge in [-0.25, -0.2) is 4.79 Å². The van der Waals surface area contributed by atoms with Crippen LogP contribution in [0.4, 0.5) is 0 Å². The van der Waals surface area contributed by atoms with Crippen LogP contribution in [0.25, 0.3) is 0 Å². The maximum Gasteiger partial charge on any atom is 0.367 e. The molecule has 0 unspecified atom stereocenters. The van der Waals surface area contributed by atoms with Crippen molar-refractivity contribution in [3.8, 4) is 0 Å². The van der Waals surface area contributed by atoms with Crippen molar-refractivity contribution in [2.75, 3.05) is 52.9 Å². The quantitative estimate of drug-likeness (QED) is 0.110. The second-order valence-electron chi connectivity index (χ2n) is 5.42. The molecule has 0 fully saturated rings. The zero-order valence-corrected chi connectivity index (χ0v) is 14.2. The van der Waals surface area contributed by atoms with Crippen LogP contribution in [0, 0.1) is 10.8 Å². The van der Waals surface area contributed by atoms with Gasteiger partial charge in [-0.2, -0.15) is 5.26 Å². The number of aliphatic hydroxyl groups excluding tert-OH is 8. The number of hydrogen-bond donors (Lipinski definition) is 9. The summed E-state index contributed by atoms with van der Waals surface area (Å²) in [7, 11) is 0. The summed E-state index contributed by atoms with van der Waals surface area (Å²) < 4.78 is 0. The molecular formula is C14H30O11. The van der Waals surface area contributed by atoms with E-state index in [1.165, 1.54) is 6.92 Å². The lowest BCUT2D eigenvalue weighted by molar-refractivity contribution is -0.229. The number of hydrogen-bond acceptors (Lipinski definition) is 11. The van der Waals surface area contributed by atoms with E-state index < -0.39 is 69.7 Å². The second-order valence-corrected chi connectivity index (χ2v) is 5.42. The lowest BCUT2D eigenvalue weighted by atomic mass is 9.93. The van der Waals surface area contributed by atoms with Gasteiger partial charge in [0, 0.05) is 5.57 Å². The molecule has 0 radical (unpaired) electrons. The molecule has 0 aromatic carbocycles. The smallest absolute Gasteiger partial charge is 0.367 e. The van der Waals surface area contributed by atoms with Crippen LogP contribution in [-0.2, 0) is 9.68 Å². The Hall–Kier alpha value is -1.15. The van der Waals surface area contributed by atoms with E-state index in [0.717, 1.165) is 0 Å². The fourth-order valence-electron chi connectivity index (χ4n) is 0.678. The van der Waals surface area contributed by atoms with E-state index in [4.69, 9.17) is 46.1 Å². The molecule has 9 N–H and O–H groups in total. The van der Waals surface area contributed by atoms with Crippen LogP contribution in [0.3, 0.4) is 0 Å². The number of carbonyl (C=O) groups is 1. The number of rotatable bonds is 9. The Morgan fingerprint density at radius 1 is 0.720 bits per heavy atom. The molecule has 0 aromatic rings. The molecule has 0 aromatic heterocycles. The van der Waals surface area contributed by atoms with E-state index in [2.05, 4.69) is 11.5 Å². The van der Waals surface area contributed by atoms with E-state index in [0.29, 0.717) is 0 Å². The monoisotopic (exact) mass is 374 g/mol. The molecule has 11 heteroatoms. The van der Waals surface area contributed by atoms with Gasteiger partial charge in [-0.1, -0.05) is 6.58 Å². The predicted molar refractivity (Wildman–Crippen MR) is 85.1 cm³/mol. The number of aliphatic hydroxyl groups is 8. The number of carbonyl (C=O) groups excluding carboxylic acids is 1. The molecule has 0 rings (SSSR count). The summed E-state index contributed by atoms with van der Waals surface area (Å²) in [4.78, 5) is 13.2. The van der Waals surface area contributed by atoms with Crippen molar-refractivity contribution >= 4 is 5.97 Å². The molecule has 0 bridgehead atoms. The molecule has 152 valence electrons. The van der Waals surface area contributed by atoms with Crippen molar-refractivity contribution in [3.63, 3.8) is 0 Å². The maximum atomic E-state index is 9.94. The largest absolute Gasteiger partial charge is 0.396 e. The normalized spacial score (nSPS) is 10.8. The van der Waals surface area contributed by atoms with E-state index in [9.17, 15) is 4.79 Å². The molecule has 0 atom stereocenters. The average Bonchev–Trinajstić information content (AvgIpc) is 2.66. The van der Waals surface area contributed by atoms with E-state index in [-0.39, 0.29) is 5.57 Å². The Balaban J connectivity index is -0.000000293. The van der Waals surface area contributed by atoms with Crippen LogP contribution >= 0.6 is 0 Å². The molecular weight excluding hydrogens is 344 g/mol. The lowest BCUT2D eigenvalue weighted by Gasteiger charge is -2.23. The SMILES string of the molecule is C=C(C)C(=O)OO.OCC(CO)(CO)CO.OCC(CO)(CO)CO. The predicted octanol–water partition coefficient (Wildman–Crippen LogP) is -3.54. The molecule has 0 spiro atoms. The van der Waals surface area contributed by atoms with Crippen LogP contribution in [0.15, 0.2) is 12.2 Å². The highest BCUT2D eigenvalue weighted by atomic mass is 17.1. The van der Waals surface area contributed by atoms with Gasteiger partial charge in [0.1, 0.15) is 0 Å². The highest BCUT2D eigenvalue weighted by molar-refractivity contribution is 5.86. The van der Waals surface area contributed by atoms with Crippen molar-refractivity contribution in [2.45, 2.75) is 6.92 Å². The van der Waals surface area contributed by atoms with E-state index in [1.807, 2.05) is 0 Å². The van der Waals surface area contributed by atoms with Crippen molar-refractivity contribution in [3.05, 3.63) is 12.2 Å². The third-order valence-electron chi connectivity index (χ3n) is 3.11. The van der Waals surface area contributed by atoms with Gasteiger partial charge < -0.3 is 40.9 Å². The molecule has 0 heterocycles. The standard InChI is InChI=1S/2C5H12O4.C4H6O3/c2*6-1-5(2-7,3-8)4-9;1-3(2)4(5)7-6/h2*6-9H,1-4H2;6H,1H2,2H3. The van der Waals surface area contributed by atoms with Gasteiger partial charge in [0.2, 0.25) is 0 Å². The Morgan fingerprint density at radius 3 is 0.920 bits per heavy atom. The van der Waals surface area contributed by atoms with Crippen LogP contribution in [0.2, 0.25) is 0 Å². The Morgan fingerprint density at radius 2 is 0.920 bits per heavy atom. The molecule has 0 aliphatic rings. The summed E-state index contributed by atoms with van der Waals surface area (Å²) in [6, 6.07) is 0. The Kier molecular flexibility index (Phi) is 18.7. The first-order valence-electron chi connectivity index (χ1n) is 7.05. The summed E-state index contributed by atoms with van der Waals surface area (Å²) in [5.74, 6) is -0.792. The van der Waals surface area contributed by atoms with Crippen LogP contribution in [0.1, 0.15) is 6.92 Å². The lowest BCUT2D eigenvalue weighted by Crippen LogP contribution is -2.37. The summed E-state index contributed by atoms with van der Waals surface area (Å²) >= 11 is 0. The van der Waals surface area contributed by atoms with E-state index in [1.54, 1.807) is 0 Å². The van der Waals surface area contributed by atoms with Crippen LogP contribution < -0.4 is 0 Å². The summed E-state index contributed by atoms with van der Waals surface area (Å²) in [5.41, 5.74) is -2.04.